The highest BCUT2D eigenvalue weighted by atomic mass is 19.1. The number of fused-ring (bicyclic) bond motifs is 1. The Balaban J connectivity index is 1.74. The van der Waals surface area contributed by atoms with Gasteiger partial charge in [-0.25, -0.2) is 14.0 Å². The molecule has 1 amide bonds. The molecule has 1 aliphatic carbocycles. The number of piperidine rings is 1. The van der Waals surface area contributed by atoms with Crippen LogP contribution in [0.15, 0.2) is 17.1 Å². The lowest BCUT2D eigenvalue weighted by Gasteiger charge is -2.40. The van der Waals surface area contributed by atoms with E-state index in [0.717, 1.165) is 31.2 Å². The second-order valence-corrected chi connectivity index (χ2v) is 11.1. The van der Waals surface area contributed by atoms with Crippen LogP contribution >= 0.6 is 0 Å². The molecule has 2 aliphatic rings. The Bertz CT molecular complexity index is 1260. The molecule has 4 rings (SSSR count). The number of aryl methyl sites for hydroxylation is 1. The van der Waals surface area contributed by atoms with Gasteiger partial charge in [-0.1, -0.05) is 13.3 Å². The molecule has 1 saturated heterocycles. The van der Waals surface area contributed by atoms with E-state index >= 15 is 4.39 Å². The van der Waals surface area contributed by atoms with Crippen molar-refractivity contribution >= 4 is 23.3 Å². The molecule has 1 saturated carbocycles. The van der Waals surface area contributed by atoms with Crippen molar-refractivity contribution < 1.29 is 23.5 Å². The molecule has 0 radical (unpaired) electrons. The number of halogens is 1. The molecule has 2 aromatic heterocycles. The lowest BCUT2D eigenvalue weighted by molar-refractivity contribution is 0.0476. The lowest BCUT2D eigenvalue weighted by Crippen LogP contribution is -2.53. The lowest BCUT2D eigenvalue weighted by atomic mass is 9.88. The second kappa shape index (κ2) is 10.3. The van der Waals surface area contributed by atoms with E-state index < -0.39 is 29.0 Å². The van der Waals surface area contributed by atoms with Gasteiger partial charge in [-0.2, -0.15) is 0 Å². The fraction of sp³-hybridized carbons (Fsp3) is 0.607. The molecule has 1 N–H and O–H groups in total. The maximum atomic E-state index is 15.7. The first kappa shape index (κ1) is 26.9. The number of alkyl carbamates (subject to hydrolysis) is 1. The van der Waals surface area contributed by atoms with Gasteiger partial charge in [-0.15, -0.1) is 0 Å². The van der Waals surface area contributed by atoms with Gasteiger partial charge in [0.2, 0.25) is 0 Å². The smallest absolute Gasteiger partial charge is 0.407 e. The molecular formula is C28H38FN3O5. The van der Waals surface area contributed by atoms with Gasteiger partial charge in [0.15, 0.2) is 5.82 Å². The van der Waals surface area contributed by atoms with Gasteiger partial charge in [-0.05, 0) is 82.9 Å². The van der Waals surface area contributed by atoms with E-state index in [1.165, 1.54) is 10.6 Å². The average molecular weight is 516 g/mol. The van der Waals surface area contributed by atoms with Crippen molar-refractivity contribution in [3.63, 3.8) is 0 Å². The molecule has 0 spiro atoms. The Hall–Kier alpha value is -3.10. The first-order valence-corrected chi connectivity index (χ1v) is 13.2. The number of aromatic nitrogens is 1. The average Bonchev–Trinajstić information content (AvgIpc) is 3.64. The van der Waals surface area contributed by atoms with Crippen molar-refractivity contribution in [2.75, 3.05) is 24.6 Å². The minimum atomic E-state index is -0.691. The number of hydrogen-bond acceptors (Lipinski definition) is 6. The third-order valence-corrected chi connectivity index (χ3v) is 7.25. The third kappa shape index (κ3) is 5.60. The number of nitrogens with zero attached hydrogens (tertiary/aromatic N) is 2. The number of pyridine rings is 2. The van der Waals surface area contributed by atoms with Crippen LogP contribution in [-0.4, -0.2) is 47.8 Å². The molecule has 9 heteroatoms. The second-order valence-electron chi connectivity index (χ2n) is 11.1. The Morgan fingerprint density at radius 2 is 1.89 bits per heavy atom. The monoisotopic (exact) mass is 515 g/mol. The van der Waals surface area contributed by atoms with E-state index in [9.17, 15) is 14.4 Å². The summed E-state index contributed by atoms with van der Waals surface area (Å²) in [5, 5.41) is 3.00. The number of carbonyl (C=O) groups is 2. The molecule has 202 valence electrons. The summed E-state index contributed by atoms with van der Waals surface area (Å²) >= 11 is 0. The van der Waals surface area contributed by atoms with Crippen LogP contribution in [0.5, 0.6) is 0 Å². The molecular weight excluding hydrogens is 477 g/mol. The SMILES string of the molecule is CCOC(=O)c1cc(C2CC2)c2c(C)c(N3CCC(CC)[C@H](NC(=O)OC(C)(C)C)C3)c(F)cn2c1=O. The Morgan fingerprint density at radius 3 is 2.49 bits per heavy atom. The zero-order chi connectivity index (χ0) is 27.1. The Labute approximate surface area is 217 Å². The number of rotatable bonds is 6. The molecule has 2 atom stereocenters. The van der Waals surface area contributed by atoms with Gasteiger partial charge in [0, 0.05) is 13.1 Å². The highest BCUT2D eigenvalue weighted by Gasteiger charge is 2.35. The van der Waals surface area contributed by atoms with Crippen LogP contribution in [-0.2, 0) is 9.47 Å². The van der Waals surface area contributed by atoms with Crippen molar-refractivity contribution in [1.29, 1.82) is 0 Å². The topological polar surface area (TPSA) is 89.3 Å². The summed E-state index contributed by atoms with van der Waals surface area (Å²) in [5.74, 6) is -0.776. The summed E-state index contributed by atoms with van der Waals surface area (Å²) in [6.45, 7) is 12.2. The van der Waals surface area contributed by atoms with E-state index in [4.69, 9.17) is 9.47 Å². The normalized spacial score (nSPS) is 20.1. The highest BCUT2D eigenvalue weighted by molar-refractivity contribution is 5.90. The van der Waals surface area contributed by atoms with Gasteiger partial charge < -0.3 is 19.7 Å². The first-order chi connectivity index (χ1) is 17.4. The quantitative estimate of drug-likeness (QED) is 0.549. The molecule has 0 bridgehead atoms. The number of hydrogen-bond donors (Lipinski definition) is 1. The largest absolute Gasteiger partial charge is 0.462 e. The molecule has 2 fully saturated rings. The van der Waals surface area contributed by atoms with Crippen LogP contribution in [0.3, 0.4) is 0 Å². The van der Waals surface area contributed by atoms with Gasteiger partial charge in [-0.3, -0.25) is 9.20 Å². The maximum Gasteiger partial charge on any atom is 0.407 e. The number of esters is 1. The molecule has 1 unspecified atom stereocenters. The summed E-state index contributed by atoms with van der Waals surface area (Å²) in [6, 6.07) is 1.43. The van der Waals surface area contributed by atoms with E-state index in [2.05, 4.69) is 12.2 Å². The van der Waals surface area contributed by atoms with Crippen molar-refractivity contribution in [3.05, 3.63) is 45.1 Å². The minimum Gasteiger partial charge on any atom is -0.462 e. The van der Waals surface area contributed by atoms with E-state index in [-0.39, 0.29) is 30.0 Å². The van der Waals surface area contributed by atoms with Crippen LogP contribution in [0.1, 0.15) is 87.7 Å². The number of anilines is 1. The minimum absolute atomic E-state index is 0.0711. The summed E-state index contributed by atoms with van der Waals surface area (Å²) in [4.78, 5) is 40.2. The predicted molar refractivity (Wildman–Crippen MR) is 140 cm³/mol. The molecule has 3 heterocycles. The molecule has 2 aromatic rings. The van der Waals surface area contributed by atoms with Crippen LogP contribution in [0.25, 0.3) is 5.52 Å². The summed E-state index contributed by atoms with van der Waals surface area (Å²) in [5.41, 5.74) is 1.32. The predicted octanol–water partition coefficient (Wildman–Crippen LogP) is 4.93. The van der Waals surface area contributed by atoms with Crippen molar-refractivity contribution in [2.24, 2.45) is 5.92 Å². The number of nitrogens with one attached hydrogen (secondary N) is 1. The maximum absolute atomic E-state index is 15.7. The highest BCUT2D eigenvalue weighted by Crippen LogP contribution is 2.44. The van der Waals surface area contributed by atoms with Gasteiger partial charge in [0.05, 0.1) is 30.0 Å². The van der Waals surface area contributed by atoms with Gasteiger partial charge >= 0.3 is 12.1 Å². The van der Waals surface area contributed by atoms with Crippen LogP contribution < -0.4 is 15.8 Å². The molecule has 0 aromatic carbocycles. The van der Waals surface area contributed by atoms with E-state index in [1.807, 2.05) is 32.6 Å². The fourth-order valence-electron chi connectivity index (χ4n) is 5.41. The van der Waals surface area contributed by atoms with Crippen LogP contribution in [0.2, 0.25) is 0 Å². The first-order valence-electron chi connectivity index (χ1n) is 13.2. The number of ether oxygens (including phenoxy) is 2. The summed E-state index contributed by atoms with van der Waals surface area (Å²) < 4.78 is 27.6. The van der Waals surface area contributed by atoms with Gasteiger partial charge in [0.1, 0.15) is 11.2 Å². The van der Waals surface area contributed by atoms with Crippen molar-refractivity contribution in [2.45, 2.75) is 84.8 Å². The summed E-state index contributed by atoms with van der Waals surface area (Å²) in [7, 11) is 0. The number of carbonyl (C=O) groups excluding carboxylic acids is 2. The van der Waals surface area contributed by atoms with Crippen molar-refractivity contribution in [3.8, 4) is 0 Å². The third-order valence-electron chi connectivity index (χ3n) is 7.25. The molecule has 8 nitrogen and oxygen atoms in total. The Morgan fingerprint density at radius 1 is 1.19 bits per heavy atom. The van der Waals surface area contributed by atoms with E-state index in [1.54, 1.807) is 13.0 Å². The van der Waals surface area contributed by atoms with Crippen LogP contribution in [0, 0.1) is 18.7 Å². The van der Waals surface area contributed by atoms with Crippen LogP contribution in [0.4, 0.5) is 14.9 Å². The summed E-state index contributed by atoms with van der Waals surface area (Å²) in [6.07, 6.45) is 4.27. The molecule has 37 heavy (non-hydrogen) atoms. The van der Waals surface area contributed by atoms with E-state index in [0.29, 0.717) is 29.9 Å². The number of amides is 1. The zero-order valence-corrected chi connectivity index (χ0v) is 22.7. The fourth-order valence-corrected chi connectivity index (χ4v) is 5.41. The Kier molecular flexibility index (Phi) is 7.53. The standard InChI is InChI=1S/C28H38FN3O5/c1-7-17-11-12-31(15-22(17)30-27(35)37-28(4,5)6)24-16(3)23-19(18-9-10-18)13-20(26(34)36-8-2)25(33)32(23)14-21(24)29/h13-14,17-18,22H,7-12,15H2,1-6H3,(H,30,35)/t17?,22-/m1/s1. The van der Waals surface area contributed by atoms with Crippen molar-refractivity contribution in [1.82, 2.24) is 9.72 Å². The molecule has 1 aliphatic heterocycles. The van der Waals surface area contributed by atoms with Gasteiger partial charge in [0.25, 0.3) is 5.56 Å². The zero-order valence-electron chi connectivity index (χ0n) is 22.7.